The highest BCUT2D eigenvalue weighted by atomic mass is 32.2. The Kier molecular flexibility index (Phi) is 4.55. The lowest BCUT2D eigenvalue weighted by Gasteiger charge is -2.09. The third kappa shape index (κ3) is 3.33. The smallest absolute Gasteiger partial charge is 0.195 e. The lowest BCUT2D eigenvalue weighted by atomic mass is 10.2. The van der Waals surface area contributed by atoms with Crippen LogP contribution in [0.4, 0.5) is 4.39 Å². The molecule has 0 radical (unpaired) electrons. The van der Waals surface area contributed by atoms with Crippen molar-refractivity contribution >= 4 is 11.8 Å². The average Bonchev–Trinajstić information content (AvgIpc) is 2.71. The van der Waals surface area contributed by atoms with Gasteiger partial charge in [0, 0.05) is 18.5 Å². The second kappa shape index (κ2) is 6.16. The molecular weight excluding hydrogens is 263 g/mol. The maximum absolute atomic E-state index is 13.3. The molecular formula is C13H17FN4S. The molecule has 4 nitrogen and oxygen atoms in total. The van der Waals surface area contributed by atoms with Crippen LogP contribution >= 0.6 is 11.8 Å². The van der Waals surface area contributed by atoms with Crippen LogP contribution in [0.25, 0.3) is 0 Å². The van der Waals surface area contributed by atoms with Gasteiger partial charge in [0.15, 0.2) is 5.16 Å². The minimum Gasteiger partial charge on any atom is -0.313 e. The number of nitrogens with zero attached hydrogens (tertiary/aromatic N) is 3. The molecule has 1 heterocycles. The van der Waals surface area contributed by atoms with E-state index in [1.807, 2.05) is 25.5 Å². The molecule has 0 aliphatic heterocycles. The van der Waals surface area contributed by atoms with E-state index in [0.29, 0.717) is 6.54 Å². The first-order valence-corrected chi connectivity index (χ1v) is 6.96. The van der Waals surface area contributed by atoms with E-state index in [9.17, 15) is 4.39 Å². The predicted octanol–water partition coefficient (Wildman–Crippen LogP) is 2.52. The normalized spacial score (nSPS) is 10.9. The predicted molar refractivity (Wildman–Crippen MR) is 73.6 cm³/mol. The van der Waals surface area contributed by atoms with Crippen molar-refractivity contribution in [2.45, 2.75) is 30.4 Å². The van der Waals surface area contributed by atoms with Crippen molar-refractivity contribution in [3.05, 3.63) is 35.4 Å². The van der Waals surface area contributed by atoms with E-state index in [4.69, 9.17) is 0 Å². The van der Waals surface area contributed by atoms with Gasteiger partial charge in [0.05, 0.1) is 0 Å². The van der Waals surface area contributed by atoms with E-state index in [1.54, 1.807) is 12.1 Å². The van der Waals surface area contributed by atoms with E-state index >= 15 is 0 Å². The number of aryl methyl sites for hydroxylation is 1. The summed E-state index contributed by atoms with van der Waals surface area (Å²) >= 11 is 1.50. The summed E-state index contributed by atoms with van der Waals surface area (Å²) in [5.41, 5.74) is 0.938. The molecule has 6 heteroatoms. The van der Waals surface area contributed by atoms with Gasteiger partial charge in [-0.1, -0.05) is 6.92 Å². The quantitative estimate of drug-likeness (QED) is 0.914. The van der Waals surface area contributed by atoms with Crippen LogP contribution in [0.3, 0.4) is 0 Å². The zero-order chi connectivity index (χ0) is 13.8. The van der Waals surface area contributed by atoms with Crippen molar-refractivity contribution in [1.82, 2.24) is 20.1 Å². The maximum atomic E-state index is 13.3. The molecule has 19 heavy (non-hydrogen) atoms. The summed E-state index contributed by atoms with van der Waals surface area (Å²) in [4.78, 5) is 0.998. The Hall–Kier alpha value is -1.40. The van der Waals surface area contributed by atoms with Crippen molar-refractivity contribution in [2.75, 3.05) is 6.54 Å². The Morgan fingerprint density at radius 3 is 2.79 bits per heavy atom. The Labute approximate surface area is 116 Å². The Morgan fingerprint density at radius 1 is 1.37 bits per heavy atom. The summed E-state index contributed by atoms with van der Waals surface area (Å²) in [6.45, 7) is 5.43. The number of benzene rings is 1. The summed E-state index contributed by atoms with van der Waals surface area (Å²) in [7, 11) is 1.92. The van der Waals surface area contributed by atoms with Crippen molar-refractivity contribution in [1.29, 1.82) is 0 Å². The second-order valence-corrected chi connectivity index (χ2v) is 5.23. The maximum Gasteiger partial charge on any atom is 0.195 e. The summed E-state index contributed by atoms with van der Waals surface area (Å²) in [5, 5.41) is 12.2. The first-order chi connectivity index (χ1) is 9.11. The Bertz CT molecular complexity index is 568. The fraction of sp³-hybridized carbons (Fsp3) is 0.385. The molecule has 0 amide bonds. The largest absolute Gasteiger partial charge is 0.313 e. The SMILES string of the molecule is CCNCc1cc(F)ccc1Sc1nnc(C)n1C. The highest BCUT2D eigenvalue weighted by Crippen LogP contribution is 2.29. The van der Waals surface area contributed by atoms with Crippen LogP contribution in [0.5, 0.6) is 0 Å². The van der Waals surface area contributed by atoms with Gasteiger partial charge >= 0.3 is 0 Å². The molecule has 0 saturated carbocycles. The van der Waals surface area contributed by atoms with Gasteiger partial charge in [-0.05, 0) is 49.0 Å². The molecule has 0 saturated heterocycles. The molecule has 1 aromatic heterocycles. The van der Waals surface area contributed by atoms with Crippen molar-refractivity contribution < 1.29 is 4.39 Å². The first kappa shape index (κ1) is 14.0. The molecule has 0 unspecified atom stereocenters. The molecule has 0 aliphatic carbocycles. The number of aromatic nitrogens is 3. The highest BCUT2D eigenvalue weighted by molar-refractivity contribution is 7.99. The molecule has 0 bridgehead atoms. The van der Waals surface area contributed by atoms with Crippen LogP contribution in [0.1, 0.15) is 18.3 Å². The lowest BCUT2D eigenvalue weighted by molar-refractivity contribution is 0.618. The summed E-state index contributed by atoms with van der Waals surface area (Å²) < 4.78 is 15.2. The summed E-state index contributed by atoms with van der Waals surface area (Å²) in [6.07, 6.45) is 0. The minimum atomic E-state index is -0.216. The van der Waals surface area contributed by atoms with Crippen LogP contribution in [-0.2, 0) is 13.6 Å². The summed E-state index contributed by atoms with van der Waals surface area (Å²) in [6, 6.07) is 4.83. The molecule has 0 fully saturated rings. The van der Waals surface area contributed by atoms with Gasteiger partial charge in [-0.2, -0.15) is 0 Å². The van der Waals surface area contributed by atoms with Gasteiger partial charge < -0.3 is 9.88 Å². The minimum absolute atomic E-state index is 0.216. The Morgan fingerprint density at radius 2 is 2.16 bits per heavy atom. The van der Waals surface area contributed by atoms with Crippen LogP contribution in [0.2, 0.25) is 0 Å². The van der Waals surface area contributed by atoms with Crippen molar-refractivity contribution in [3.8, 4) is 0 Å². The van der Waals surface area contributed by atoms with E-state index in [-0.39, 0.29) is 5.82 Å². The number of hydrogen-bond acceptors (Lipinski definition) is 4. The van der Waals surface area contributed by atoms with Crippen LogP contribution in [-0.4, -0.2) is 21.3 Å². The Balaban J connectivity index is 2.26. The fourth-order valence-corrected chi connectivity index (χ4v) is 2.57. The van der Waals surface area contributed by atoms with Gasteiger partial charge in [-0.15, -0.1) is 10.2 Å². The average molecular weight is 280 g/mol. The van der Waals surface area contributed by atoms with E-state index in [2.05, 4.69) is 15.5 Å². The van der Waals surface area contributed by atoms with Gasteiger partial charge in [-0.25, -0.2) is 4.39 Å². The van der Waals surface area contributed by atoms with Gasteiger partial charge in [0.2, 0.25) is 0 Å². The van der Waals surface area contributed by atoms with Gasteiger partial charge in [0.25, 0.3) is 0 Å². The number of nitrogens with one attached hydrogen (secondary N) is 1. The molecule has 1 aromatic carbocycles. The van der Waals surface area contributed by atoms with Gasteiger partial charge in [-0.3, -0.25) is 0 Å². The molecule has 0 spiro atoms. The van der Waals surface area contributed by atoms with Crippen molar-refractivity contribution in [3.63, 3.8) is 0 Å². The van der Waals surface area contributed by atoms with E-state index in [0.717, 1.165) is 28.0 Å². The highest BCUT2D eigenvalue weighted by Gasteiger charge is 2.11. The van der Waals surface area contributed by atoms with Crippen LogP contribution < -0.4 is 5.32 Å². The molecule has 1 N–H and O–H groups in total. The fourth-order valence-electron chi connectivity index (χ4n) is 1.62. The third-order valence-electron chi connectivity index (χ3n) is 2.84. The zero-order valence-electron chi connectivity index (χ0n) is 11.3. The molecule has 2 rings (SSSR count). The molecule has 0 aliphatic rings. The lowest BCUT2D eigenvalue weighted by Crippen LogP contribution is -2.12. The number of halogens is 1. The topological polar surface area (TPSA) is 42.7 Å². The standard InChI is InChI=1S/C13H17FN4S/c1-4-15-8-10-7-11(14)5-6-12(10)19-13-17-16-9(2)18(13)3/h5-7,15H,4,8H2,1-3H3. The first-order valence-electron chi connectivity index (χ1n) is 6.14. The van der Waals surface area contributed by atoms with Crippen LogP contribution in [0, 0.1) is 12.7 Å². The molecule has 102 valence electrons. The molecule has 2 aromatic rings. The van der Waals surface area contributed by atoms with Crippen LogP contribution in [0.15, 0.2) is 28.3 Å². The van der Waals surface area contributed by atoms with Crippen molar-refractivity contribution in [2.24, 2.45) is 7.05 Å². The third-order valence-corrected chi connectivity index (χ3v) is 4.00. The number of hydrogen-bond donors (Lipinski definition) is 1. The van der Waals surface area contributed by atoms with Gasteiger partial charge in [0.1, 0.15) is 11.6 Å². The zero-order valence-corrected chi connectivity index (χ0v) is 12.1. The molecule has 0 atom stereocenters. The number of rotatable bonds is 5. The second-order valence-electron chi connectivity index (χ2n) is 4.22. The summed E-state index contributed by atoms with van der Waals surface area (Å²) in [5.74, 6) is 0.643. The monoisotopic (exact) mass is 280 g/mol. The van der Waals surface area contributed by atoms with E-state index in [1.165, 1.54) is 17.8 Å². The van der Waals surface area contributed by atoms with E-state index < -0.39 is 0 Å².